The highest BCUT2D eigenvalue weighted by Gasteiger charge is 2.32. The molecule has 9 nitrogen and oxygen atoms in total. The summed E-state index contributed by atoms with van der Waals surface area (Å²) in [6.45, 7) is 2.07. The van der Waals surface area contributed by atoms with E-state index in [0.717, 1.165) is 6.42 Å². The average Bonchev–Trinajstić information content (AvgIpc) is 3.24. The lowest BCUT2D eigenvalue weighted by Crippen LogP contribution is -2.50. The summed E-state index contributed by atoms with van der Waals surface area (Å²) in [6, 6.07) is 15.7. The van der Waals surface area contributed by atoms with E-state index in [2.05, 4.69) is 0 Å². The molecule has 5 rings (SSSR count). The number of hydrogen-bond donors (Lipinski definition) is 0. The highest BCUT2D eigenvalue weighted by atomic mass is 32.2. The Morgan fingerprint density at radius 3 is 2.43 bits per heavy atom. The smallest absolute Gasteiger partial charge is 0.290 e. The molecule has 2 aliphatic heterocycles. The van der Waals surface area contributed by atoms with Crippen molar-refractivity contribution in [3.63, 3.8) is 0 Å². The molecular weight excluding hydrogens is 472 g/mol. The van der Waals surface area contributed by atoms with E-state index in [9.17, 15) is 13.2 Å². The topological polar surface area (TPSA) is 98.5 Å². The quantitative estimate of drug-likeness (QED) is 0.515. The van der Waals surface area contributed by atoms with E-state index in [1.165, 1.54) is 22.7 Å². The monoisotopic (exact) mass is 498 g/mol. The lowest BCUT2D eigenvalue weighted by Gasteiger charge is -2.33. The Labute approximate surface area is 203 Å². The van der Waals surface area contributed by atoms with Gasteiger partial charge in [0.2, 0.25) is 10.0 Å². The summed E-state index contributed by atoms with van der Waals surface area (Å²) in [7, 11) is -3.74. The van der Waals surface area contributed by atoms with Crippen molar-refractivity contribution in [1.82, 2.24) is 9.21 Å². The molecule has 0 aliphatic carbocycles. The van der Waals surface area contributed by atoms with Crippen LogP contribution in [0.5, 0.6) is 17.2 Å². The Morgan fingerprint density at radius 1 is 0.914 bits per heavy atom. The molecule has 0 radical (unpaired) electrons. The normalized spacial score (nSPS) is 16.5. The zero-order valence-corrected chi connectivity index (χ0v) is 19.9. The van der Waals surface area contributed by atoms with E-state index >= 15 is 0 Å². The number of hydrogen-bond acceptors (Lipinski definition) is 7. The molecular formula is C25H26N2O7S. The van der Waals surface area contributed by atoms with Crippen molar-refractivity contribution >= 4 is 15.9 Å². The third kappa shape index (κ3) is 4.98. The maximum absolute atomic E-state index is 13.2. The standard InChI is InChI=1S/C25H26N2O7S/c28-25(24-19(9-16-33-24)18-34-20-5-2-1-3-6-20)26-10-12-27(13-11-26)35(29,30)21-7-8-22-23(17-21)32-15-4-14-31-22/h1-3,5-9,16-17H,4,10-15,18H2. The van der Waals surface area contributed by atoms with Crippen LogP contribution in [0.2, 0.25) is 0 Å². The van der Waals surface area contributed by atoms with Gasteiger partial charge in [0.25, 0.3) is 5.91 Å². The van der Waals surface area contributed by atoms with Crippen molar-refractivity contribution in [3.05, 3.63) is 72.2 Å². The van der Waals surface area contributed by atoms with E-state index in [1.807, 2.05) is 30.3 Å². The van der Waals surface area contributed by atoms with Gasteiger partial charge in [0.1, 0.15) is 12.4 Å². The highest BCUT2D eigenvalue weighted by molar-refractivity contribution is 7.89. The van der Waals surface area contributed by atoms with Crippen LogP contribution in [0.25, 0.3) is 0 Å². The van der Waals surface area contributed by atoms with Crippen molar-refractivity contribution in [2.24, 2.45) is 0 Å². The van der Waals surface area contributed by atoms with Crippen molar-refractivity contribution in [1.29, 1.82) is 0 Å². The fourth-order valence-corrected chi connectivity index (χ4v) is 5.48. The van der Waals surface area contributed by atoms with Gasteiger partial charge in [-0.25, -0.2) is 8.42 Å². The molecule has 35 heavy (non-hydrogen) atoms. The molecule has 0 spiro atoms. The van der Waals surface area contributed by atoms with Crippen LogP contribution in [0.4, 0.5) is 0 Å². The molecule has 3 aromatic rings. The van der Waals surface area contributed by atoms with E-state index < -0.39 is 10.0 Å². The third-order valence-electron chi connectivity index (χ3n) is 5.96. The lowest BCUT2D eigenvalue weighted by molar-refractivity contribution is 0.0662. The van der Waals surface area contributed by atoms with Gasteiger partial charge in [0.15, 0.2) is 17.3 Å². The number of amides is 1. The van der Waals surface area contributed by atoms with E-state index in [4.69, 9.17) is 18.6 Å². The second kappa shape index (κ2) is 10.0. The zero-order valence-electron chi connectivity index (χ0n) is 19.1. The molecule has 2 aliphatic rings. The van der Waals surface area contributed by atoms with Crippen LogP contribution in [0.3, 0.4) is 0 Å². The molecule has 0 atom stereocenters. The SMILES string of the molecule is O=C(c1occc1COc1ccccc1)N1CCN(S(=O)(=O)c2ccc3c(c2)OCCCO3)CC1. The fourth-order valence-electron chi connectivity index (χ4n) is 4.04. The van der Waals surface area contributed by atoms with Crippen LogP contribution in [0.1, 0.15) is 22.5 Å². The first-order valence-electron chi connectivity index (χ1n) is 11.5. The van der Waals surface area contributed by atoms with E-state index in [-0.39, 0.29) is 49.3 Å². The first-order valence-corrected chi connectivity index (χ1v) is 12.9. The number of sulfonamides is 1. The summed E-state index contributed by atoms with van der Waals surface area (Å²) in [5.74, 6) is 1.60. The maximum atomic E-state index is 13.2. The van der Waals surface area contributed by atoms with Gasteiger partial charge in [-0.05, 0) is 30.3 Å². The average molecular weight is 499 g/mol. The van der Waals surface area contributed by atoms with Gasteiger partial charge < -0.3 is 23.5 Å². The summed E-state index contributed by atoms with van der Waals surface area (Å²) >= 11 is 0. The molecule has 2 aromatic carbocycles. The number of carbonyl (C=O) groups excluding carboxylic acids is 1. The van der Waals surface area contributed by atoms with Gasteiger partial charge in [-0.2, -0.15) is 4.31 Å². The number of nitrogens with zero attached hydrogens (tertiary/aromatic N) is 2. The molecule has 0 saturated carbocycles. The van der Waals surface area contributed by atoms with Crippen LogP contribution >= 0.6 is 0 Å². The number of piperazine rings is 1. The second-order valence-corrected chi connectivity index (χ2v) is 10.2. The zero-order chi connectivity index (χ0) is 24.3. The van der Waals surface area contributed by atoms with Gasteiger partial charge in [0, 0.05) is 44.2 Å². The van der Waals surface area contributed by atoms with Gasteiger partial charge in [-0.3, -0.25) is 4.79 Å². The highest BCUT2D eigenvalue weighted by Crippen LogP contribution is 2.33. The number of benzene rings is 2. The number of rotatable bonds is 6. The Hall–Kier alpha value is -3.50. The predicted molar refractivity (Wildman–Crippen MR) is 126 cm³/mol. The minimum absolute atomic E-state index is 0.146. The van der Waals surface area contributed by atoms with Crippen LogP contribution in [-0.4, -0.2) is 62.9 Å². The Morgan fingerprint density at radius 2 is 1.66 bits per heavy atom. The molecule has 184 valence electrons. The number of ether oxygens (including phenoxy) is 3. The molecule has 0 N–H and O–H groups in total. The van der Waals surface area contributed by atoms with Crippen molar-refractivity contribution < 1.29 is 31.8 Å². The minimum atomic E-state index is -3.74. The summed E-state index contributed by atoms with van der Waals surface area (Å²) in [5.41, 5.74) is 0.640. The molecule has 1 aromatic heterocycles. The van der Waals surface area contributed by atoms with Crippen molar-refractivity contribution in [2.75, 3.05) is 39.4 Å². The van der Waals surface area contributed by atoms with Crippen LogP contribution in [0.15, 0.2) is 70.2 Å². The number of para-hydroxylation sites is 1. The van der Waals surface area contributed by atoms with Crippen LogP contribution in [0, 0.1) is 0 Å². The molecule has 0 unspecified atom stereocenters. The molecule has 1 saturated heterocycles. The third-order valence-corrected chi connectivity index (χ3v) is 7.86. The van der Waals surface area contributed by atoms with E-state index in [0.29, 0.717) is 36.0 Å². The van der Waals surface area contributed by atoms with Gasteiger partial charge in [-0.1, -0.05) is 18.2 Å². The predicted octanol–water partition coefficient (Wildman–Crippen LogP) is 3.17. The number of furan rings is 1. The molecule has 1 amide bonds. The van der Waals surface area contributed by atoms with Crippen LogP contribution < -0.4 is 14.2 Å². The Balaban J connectivity index is 1.22. The maximum Gasteiger partial charge on any atom is 0.290 e. The molecule has 3 heterocycles. The largest absolute Gasteiger partial charge is 0.490 e. The second-order valence-electron chi connectivity index (χ2n) is 8.23. The fraction of sp³-hybridized carbons (Fsp3) is 0.320. The molecule has 1 fully saturated rings. The Kier molecular flexibility index (Phi) is 6.65. The number of fused-ring (bicyclic) bond motifs is 1. The number of carbonyl (C=O) groups is 1. The first-order chi connectivity index (χ1) is 17.0. The van der Waals surface area contributed by atoms with Gasteiger partial charge in [0.05, 0.1) is 24.4 Å². The summed E-state index contributed by atoms with van der Waals surface area (Å²) in [6.07, 6.45) is 2.20. The van der Waals surface area contributed by atoms with E-state index in [1.54, 1.807) is 17.0 Å². The van der Waals surface area contributed by atoms with Gasteiger partial charge in [-0.15, -0.1) is 0 Å². The summed E-state index contributed by atoms with van der Waals surface area (Å²) in [5, 5.41) is 0. The molecule has 0 bridgehead atoms. The van der Waals surface area contributed by atoms with Crippen LogP contribution in [-0.2, 0) is 16.6 Å². The lowest BCUT2D eigenvalue weighted by atomic mass is 10.2. The Bertz CT molecular complexity index is 1280. The first kappa shape index (κ1) is 23.3. The molecule has 10 heteroatoms. The van der Waals surface area contributed by atoms with Gasteiger partial charge >= 0.3 is 0 Å². The van der Waals surface area contributed by atoms with Crippen molar-refractivity contribution in [3.8, 4) is 17.2 Å². The summed E-state index contributed by atoms with van der Waals surface area (Å²) < 4.78 is 50.3. The minimum Gasteiger partial charge on any atom is -0.490 e. The van der Waals surface area contributed by atoms with Crippen molar-refractivity contribution in [2.45, 2.75) is 17.9 Å². The summed E-state index contributed by atoms with van der Waals surface area (Å²) in [4.78, 5) is 14.8.